The SMILES string of the molecule is CC(C)(C)c1nc([ClH+])n[nH]1. The van der Waals surface area contributed by atoms with Crippen LogP contribution in [0.4, 0.5) is 0 Å². The van der Waals surface area contributed by atoms with E-state index in [4.69, 9.17) is 11.6 Å². The zero-order chi connectivity index (χ0) is 7.78. The van der Waals surface area contributed by atoms with Gasteiger partial charge in [-0.15, -0.1) is 0 Å². The highest BCUT2D eigenvalue weighted by Gasteiger charge is 2.19. The predicted molar refractivity (Wildman–Crippen MR) is 35.6 cm³/mol. The van der Waals surface area contributed by atoms with Crippen LogP contribution in [0.15, 0.2) is 0 Å². The summed E-state index contributed by atoms with van der Waals surface area (Å²) in [5.74, 6) is 0.845. The summed E-state index contributed by atoms with van der Waals surface area (Å²) in [5, 5.41) is 6.94. The molecule has 0 saturated heterocycles. The van der Waals surface area contributed by atoms with Gasteiger partial charge < -0.3 is 0 Å². The fourth-order valence-electron chi connectivity index (χ4n) is 0.582. The average molecular weight is 161 g/mol. The second-order valence-electron chi connectivity index (χ2n) is 3.22. The fraction of sp³-hybridized carbons (Fsp3) is 0.667. The summed E-state index contributed by atoms with van der Waals surface area (Å²) in [6.45, 7) is 6.17. The minimum absolute atomic E-state index is 0.0179. The van der Waals surface area contributed by atoms with E-state index in [1.165, 1.54) is 0 Å². The van der Waals surface area contributed by atoms with Crippen LogP contribution in [-0.4, -0.2) is 15.2 Å². The first-order valence-electron chi connectivity index (χ1n) is 3.10. The molecule has 0 unspecified atom stereocenters. The van der Waals surface area contributed by atoms with Crippen molar-refractivity contribution in [2.24, 2.45) is 0 Å². The third-order valence-corrected chi connectivity index (χ3v) is 1.36. The van der Waals surface area contributed by atoms with Crippen molar-refractivity contribution in [2.75, 3.05) is 0 Å². The van der Waals surface area contributed by atoms with Crippen LogP contribution >= 0.6 is 0 Å². The molecule has 4 heteroatoms. The molecule has 1 aromatic rings. The van der Waals surface area contributed by atoms with Crippen LogP contribution in [0, 0.1) is 11.6 Å². The van der Waals surface area contributed by atoms with Crippen molar-refractivity contribution < 1.29 is 11.6 Å². The van der Waals surface area contributed by atoms with Gasteiger partial charge in [-0.1, -0.05) is 25.9 Å². The Morgan fingerprint density at radius 2 is 2.00 bits per heavy atom. The Morgan fingerprint density at radius 1 is 1.40 bits per heavy atom. The topological polar surface area (TPSA) is 41.6 Å². The van der Waals surface area contributed by atoms with Gasteiger partial charge in [-0.3, -0.25) is 5.10 Å². The molecule has 0 bridgehead atoms. The van der Waals surface area contributed by atoms with Gasteiger partial charge in [0.15, 0.2) is 11.6 Å². The van der Waals surface area contributed by atoms with Crippen LogP contribution in [0.5, 0.6) is 0 Å². The van der Waals surface area contributed by atoms with Crippen LogP contribution in [0.2, 0.25) is 5.28 Å². The van der Waals surface area contributed by atoms with Crippen LogP contribution < -0.4 is 0 Å². The molecule has 56 valence electrons. The normalized spacial score (nSPS) is 12.0. The summed E-state index contributed by atoms with van der Waals surface area (Å²) in [6.07, 6.45) is 0. The largest absolute Gasteiger partial charge is 0.436 e. The molecular weight excluding hydrogens is 150 g/mol. The summed E-state index contributed by atoms with van der Waals surface area (Å²) >= 11 is 4.75. The summed E-state index contributed by atoms with van der Waals surface area (Å²) in [4.78, 5) is 4.03. The Kier molecular flexibility index (Phi) is 1.68. The number of aromatic nitrogens is 3. The number of rotatable bonds is 0. The standard InChI is InChI=1S/C6H11ClN3/c1-6(2,3)4-8-5(7)10-9-4/h7H,1-3H3,(H,8,9,10)/q+1. The van der Waals surface area contributed by atoms with E-state index in [1.54, 1.807) is 0 Å². The minimum atomic E-state index is 0.0179. The van der Waals surface area contributed by atoms with Gasteiger partial charge in [0.1, 0.15) is 5.82 Å². The smallest absolute Gasteiger partial charge is 0.258 e. The Bertz CT molecular complexity index is 223. The summed E-state index contributed by atoms with van der Waals surface area (Å²) in [6, 6.07) is 0. The van der Waals surface area contributed by atoms with Crippen molar-refractivity contribution in [3.05, 3.63) is 11.1 Å². The van der Waals surface area contributed by atoms with E-state index in [2.05, 4.69) is 36.0 Å². The third-order valence-electron chi connectivity index (χ3n) is 1.18. The van der Waals surface area contributed by atoms with Crippen molar-refractivity contribution in [2.45, 2.75) is 26.2 Å². The molecule has 0 saturated carbocycles. The summed E-state index contributed by atoms with van der Waals surface area (Å²) in [5.41, 5.74) is 0.0179. The summed E-state index contributed by atoms with van der Waals surface area (Å²) in [7, 11) is 0. The van der Waals surface area contributed by atoms with E-state index in [9.17, 15) is 0 Å². The molecule has 0 amide bonds. The van der Waals surface area contributed by atoms with Crippen molar-refractivity contribution in [1.82, 2.24) is 15.2 Å². The van der Waals surface area contributed by atoms with Gasteiger partial charge in [-0.05, 0) is 0 Å². The van der Waals surface area contributed by atoms with Gasteiger partial charge >= 0.3 is 5.28 Å². The van der Waals surface area contributed by atoms with Crippen molar-refractivity contribution in [3.63, 3.8) is 0 Å². The monoisotopic (exact) mass is 160 g/mol. The first-order valence-corrected chi connectivity index (χ1v) is 3.51. The molecule has 1 rings (SSSR count). The lowest BCUT2D eigenvalue weighted by Gasteiger charge is -2.12. The van der Waals surface area contributed by atoms with Crippen LogP contribution in [0.1, 0.15) is 26.6 Å². The van der Waals surface area contributed by atoms with Gasteiger partial charge in [0.05, 0.1) is 0 Å². The molecule has 1 aromatic heterocycles. The Balaban J connectivity index is 2.96. The summed E-state index contributed by atoms with van der Waals surface area (Å²) < 4.78 is 0. The highest BCUT2D eigenvalue weighted by molar-refractivity contribution is 4.99. The molecule has 0 fully saturated rings. The maximum atomic E-state index is 4.75. The Morgan fingerprint density at radius 3 is 2.20 bits per heavy atom. The molecule has 10 heavy (non-hydrogen) atoms. The van der Waals surface area contributed by atoms with E-state index in [1.807, 2.05) is 0 Å². The zero-order valence-corrected chi connectivity index (χ0v) is 7.12. The molecule has 0 atom stereocenters. The van der Waals surface area contributed by atoms with E-state index in [-0.39, 0.29) is 5.41 Å². The fourth-order valence-corrected chi connectivity index (χ4v) is 0.719. The van der Waals surface area contributed by atoms with Gasteiger partial charge in [-0.2, -0.15) is 4.98 Å². The lowest BCUT2D eigenvalue weighted by molar-refractivity contribution is -0.303. The maximum absolute atomic E-state index is 4.75. The molecule has 0 aliphatic rings. The number of hydrogen-bond acceptors (Lipinski definition) is 2. The molecule has 0 aromatic carbocycles. The first-order chi connectivity index (χ1) is 4.50. The van der Waals surface area contributed by atoms with E-state index >= 15 is 0 Å². The zero-order valence-electron chi connectivity index (χ0n) is 6.30. The van der Waals surface area contributed by atoms with Crippen LogP contribution in [0.3, 0.4) is 0 Å². The van der Waals surface area contributed by atoms with E-state index in [0.29, 0.717) is 5.28 Å². The Hall–Kier alpha value is -0.570. The second kappa shape index (κ2) is 2.23. The molecule has 1 N–H and O–H groups in total. The highest BCUT2D eigenvalue weighted by atomic mass is 35.5. The molecule has 0 spiro atoms. The van der Waals surface area contributed by atoms with Crippen molar-refractivity contribution in [3.8, 4) is 0 Å². The van der Waals surface area contributed by atoms with Gasteiger partial charge in [0, 0.05) is 5.41 Å². The number of halogens is 1. The molecule has 0 radical (unpaired) electrons. The predicted octanol–water partition coefficient (Wildman–Crippen LogP) is 0.798. The third kappa shape index (κ3) is 1.48. The number of H-pyrrole nitrogens is 1. The van der Waals surface area contributed by atoms with Gasteiger partial charge in [0.25, 0.3) is 0 Å². The quantitative estimate of drug-likeness (QED) is 0.610. The van der Waals surface area contributed by atoms with E-state index < -0.39 is 0 Å². The number of aromatic amines is 1. The number of nitrogens with one attached hydrogen (secondary N) is 1. The van der Waals surface area contributed by atoms with Crippen LogP contribution in [0.25, 0.3) is 0 Å². The number of nitrogens with zero attached hydrogens (tertiary/aromatic N) is 2. The van der Waals surface area contributed by atoms with Gasteiger partial charge in [0.2, 0.25) is 0 Å². The first kappa shape index (κ1) is 7.54. The molecule has 0 aliphatic heterocycles. The lowest BCUT2D eigenvalue weighted by Crippen LogP contribution is -2.13. The molecule has 1 heterocycles. The van der Waals surface area contributed by atoms with Crippen molar-refractivity contribution >= 4 is 0 Å². The highest BCUT2D eigenvalue weighted by Crippen LogP contribution is 2.16. The molecule has 0 aliphatic carbocycles. The minimum Gasteiger partial charge on any atom is -0.258 e. The van der Waals surface area contributed by atoms with Crippen LogP contribution in [-0.2, 0) is 5.41 Å². The van der Waals surface area contributed by atoms with E-state index in [0.717, 1.165) is 5.82 Å². The maximum Gasteiger partial charge on any atom is 0.436 e. The molecular formula is C6H11ClN3+. The molecule has 3 nitrogen and oxygen atoms in total. The second-order valence-corrected chi connectivity index (χ2v) is 3.58. The van der Waals surface area contributed by atoms with Gasteiger partial charge in [-0.25, -0.2) is 0 Å². The Labute approximate surface area is 64.8 Å². The van der Waals surface area contributed by atoms with Crippen molar-refractivity contribution in [1.29, 1.82) is 0 Å². The average Bonchev–Trinajstić information content (AvgIpc) is 2.11. The number of hydrogen-bond donors (Lipinski definition) is 1. The lowest BCUT2D eigenvalue weighted by atomic mass is 9.96.